The minimum atomic E-state index is -1.30. The number of esters is 1. The number of hydrogen-bond donors (Lipinski definition) is 1. The minimum absolute atomic E-state index is 0.227. The summed E-state index contributed by atoms with van der Waals surface area (Å²) < 4.78 is 4.47. The fourth-order valence-corrected chi connectivity index (χ4v) is 1.89. The summed E-state index contributed by atoms with van der Waals surface area (Å²) in [5, 5.41) is 9.16. The second-order valence-electron chi connectivity index (χ2n) is 3.75. The van der Waals surface area contributed by atoms with Gasteiger partial charge in [-0.3, -0.25) is 14.5 Å². The second-order valence-corrected chi connectivity index (χ2v) is 3.75. The van der Waals surface area contributed by atoms with E-state index in [9.17, 15) is 14.4 Å². The molecule has 94 valence electrons. The molecule has 2 amide bonds. The first-order chi connectivity index (χ1) is 8.61. The Morgan fingerprint density at radius 3 is 2.17 bits per heavy atom. The molecule has 0 unspecified atom stereocenters. The van der Waals surface area contributed by atoms with Crippen LogP contribution in [0.5, 0.6) is 0 Å². The molecule has 6 nitrogen and oxygen atoms in total. The zero-order chi connectivity index (χ0) is 13.3. The van der Waals surface area contributed by atoms with Crippen molar-refractivity contribution in [3.63, 3.8) is 0 Å². The summed E-state index contributed by atoms with van der Waals surface area (Å²) in [5.41, 5.74) is 0.453. The number of carbonyl (C=O) groups is 3. The number of methoxy groups -OCH3 is 1. The first-order valence-corrected chi connectivity index (χ1v) is 5.27. The summed E-state index contributed by atoms with van der Waals surface area (Å²) >= 11 is 0. The number of imide groups is 1. The number of benzene rings is 1. The van der Waals surface area contributed by atoms with E-state index < -0.39 is 30.4 Å². The molecule has 0 spiro atoms. The molecule has 1 aromatic rings. The highest BCUT2D eigenvalue weighted by Crippen LogP contribution is 2.24. The van der Waals surface area contributed by atoms with Crippen molar-refractivity contribution >= 4 is 17.8 Å². The van der Waals surface area contributed by atoms with Gasteiger partial charge < -0.3 is 9.84 Å². The van der Waals surface area contributed by atoms with E-state index in [1.807, 2.05) is 0 Å². The van der Waals surface area contributed by atoms with Crippen LogP contribution in [-0.4, -0.2) is 47.5 Å². The topological polar surface area (TPSA) is 83.9 Å². The average molecular weight is 249 g/mol. The molecule has 0 radical (unpaired) electrons. The highest BCUT2D eigenvalue weighted by atomic mass is 16.5. The molecule has 6 heteroatoms. The fourth-order valence-electron chi connectivity index (χ4n) is 1.89. The molecule has 1 aromatic carbocycles. The van der Waals surface area contributed by atoms with E-state index in [1.54, 1.807) is 12.1 Å². The number of ether oxygens (including phenoxy) is 1. The average Bonchev–Trinajstić information content (AvgIpc) is 2.65. The van der Waals surface area contributed by atoms with Gasteiger partial charge in [-0.15, -0.1) is 0 Å². The minimum Gasteiger partial charge on any atom is -0.467 e. The summed E-state index contributed by atoms with van der Waals surface area (Å²) in [6.45, 7) is -0.669. The number of amides is 2. The van der Waals surface area contributed by atoms with Gasteiger partial charge in [-0.25, -0.2) is 4.79 Å². The van der Waals surface area contributed by atoms with Gasteiger partial charge in [0, 0.05) is 0 Å². The largest absolute Gasteiger partial charge is 0.467 e. The van der Waals surface area contributed by atoms with Crippen LogP contribution < -0.4 is 0 Å². The van der Waals surface area contributed by atoms with Gasteiger partial charge in [0.25, 0.3) is 11.8 Å². The van der Waals surface area contributed by atoms with Gasteiger partial charge in [-0.1, -0.05) is 12.1 Å². The van der Waals surface area contributed by atoms with Crippen molar-refractivity contribution in [1.82, 2.24) is 4.90 Å². The molecular weight excluding hydrogens is 238 g/mol. The second kappa shape index (κ2) is 4.58. The highest BCUT2D eigenvalue weighted by molar-refractivity contribution is 6.22. The van der Waals surface area contributed by atoms with E-state index in [0.717, 1.165) is 12.0 Å². The van der Waals surface area contributed by atoms with Crippen molar-refractivity contribution in [2.24, 2.45) is 0 Å². The van der Waals surface area contributed by atoms with E-state index in [0.29, 0.717) is 0 Å². The molecule has 18 heavy (non-hydrogen) atoms. The Labute approximate surface area is 103 Å². The van der Waals surface area contributed by atoms with Gasteiger partial charge in [0.2, 0.25) is 0 Å². The molecule has 0 aliphatic carbocycles. The van der Waals surface area contributed by atoms with E-state index in [-0.39, 0.29) is 11.1 Å². The van der Waals surface area contributed by atoms with E-state index in [4.69, 9.17) is 5.11 Å². The van der Waals surface area contributed by atoms with Gasteiger partial charge in [-0.05, 0) is 12.1 Å². The van der Waals surface area contributed by atoms with Crippen LogP contribution in [0.15, 0.2) is 24.3 Å². The molecule has 1 aliphatic heterocycles. The van der Waals surface area contributed by atoms with Crippen molar-refractivity contribution in [1.29, 1.82) is 0 Å². The summed E-state index contributed by atoms with van der Waals surface area (Å²) in [6.07, 6.45) is 0. The lowest BCUT2D eigenvalue weighted by Crippen LogP contribution is -2.47. The molecule has 0 fully saturated rings. The Hall–Kier alpha value is -2.21. The Kier molecular flexibility index (Phi) is 3.12. The van der Waals surface area contributed by atoms with Crippen molar-refractivity contribution in [2.75, 3.05) is 13.7 Å². The Morgan fingerprint density at radius 2 is 1.78 bits per heavy atom. The Balaban J connectivity index is 2.41. The molecule has 2 rings (SSSR count). The molecule has 1 N–H and O–H groups in total. The number of carbonyl (C=O) groups excluding carboxylic acids is 3. The molecular formula is C12H11NO5. The van der Waals surface area contributed by atoms with Gasteiger partial charge in [-0.2, -0.15) is 0 Å². The smallest absolute Gasteiger partial charge is 0.331 e. The molecule has 1 heterocycles. The third-order valence-electron chi connectivity index (χ3n) is 2.78. The molecule has 1 atom stereocenters. The van der Waals surface area contributed by atoms with Crippen LogP contribution in [0, 0.1) is 0 Å². The van der Waals surface area contributed by atoms with Gasteiger partial charge >= 0.3 is 5.97 Å². The maximum atomic E-state index is 12.0. The molecule has 0 aromatic heterocycles. The first-order valence-electron chi connectivity index (χ1n) is 5.27. The van der Waals surface area contributed by atoms with Crippen molar-refractivity contribution in [3.05, 3.63) is 35.4 Å². The molecule has 0 saturated heterocycles. The maximum absolute atomic E-state index is 12.0. The zero-order valence-corrected chi connectivity index (χ0v) is 9.62. The summed E-state index contributed by atoms with van der Waals surface area (Å²) in [5.74, 6) is -2.02. The summed E-state index contributed by atoms with van der Waals surface area (Å²) in [6, 6.07) is 4.95. The third kappa shape index (κ3) is 1.67. The lowest BCUT2D eigenvalue weighted by Gasteiger charge is -2.21. The zero-order valence-electron chi connectivity index (χ0n) is 9.62. The summed E-state index contributed by atoms with van der Waals surface area (Å²) in [7, 11) is 1.13. The van der Waals surface area contributed by atoms with Crippen LogP contribution >= 0.6 is 0 Å². The SMILES string of the molecule is COC(=O)[C@@H](CO)N1C(=O)c2ccccc2C1=O. The van der Waals surface area contributed by atoms with Crippen molar-refractivity contribution < 1.29 is 24.2 Å². The highest BCUT2D eigenvalue weighted by Gasteiger charge is 2.42. The lowest BCUT2D eigenvalue weighted by molar-refractivity contribution is -0.146. The number of fused-ring (bicyclic) bond motifs is 1. The number of nitrogens with zero attached hydrogens (tertiary/aromatic N) is 1. The maximum Gasteiger partial charge on any atom is 0.331 e. The first kappa shape index (κ1) is 12.3. The third-order valence-corrected chi connectivity index (χ3v) is 2.78. The van der Waals surface area contributed by atoms with Crippen LogP contribution in [-0.2, 0) is 9.53 Å². The normalized spacial score (nSPS) is 15.6. The van der Waals surface area contributed by atoms with Gasteiger partial charge in [0.05, 0.1) is 24.8 Å². The van der Waals surface area contributed by atoms with Crippen molar-refractivity contribution in [3.8, 4) is 0 Å². The van der Waals surface area contributed by atoms with Gasteiger partial charge in [0.1, 0.15) is 0 Å². The van der Waals surface area contributed by atoms with Crippen LogP contribution in [0.4, 0.5) is 0 Å². The Bertz CT molecular complexity index is 490. The van der Waals surface area contributed by atoms with E-state index in [1.165, 1.54) is 12.1 Å². The van der Waals surface area contributed by atoms with E-state index in [2.05, 4.69) is 4.74 Å². The standard InChI is InChI=1S/C12H11NO5/c1-18-12(17)9(6-14)13-10(15)7-4-2-3-5-8(7)11(13)16/h2-5,9,14H,6H2,1H3/t9-/m1/s1. The monoisotopic (exact) mass is 249 g/mol. The van der Waals surface area contributed by atoms with Gasteiger partial charge in [0.15, 0.2) is 6.04 Å². The molecule has 0 bridgehead atoms. The van der Waals surface area contributed by atoms with Crippen LogP contribution in [0.25, 0.3) is 0 Å². The number of aliphatic hydroxyl groups is 1. The number of hydrogen-bond acceptors (Lipinski definition) is 5. The van der Waals surface area contributed by atoms with Crippen LogP contribution in [0.1, 0.15) is 20.7 Å². The van der Waals surface area contributed by atoms with Crippen LogP contribution in [0.3, 0.4) is 0 Å². The quantitative estimate of drug-likeness (QED) is 0.593. The Morgan fingerprint density at radius 1 is 1.28 bits per heavy atom. The number of rotatable bonds is 3. The molecule has 1 aliphatic rings. The predicted octanol–water partition coefficient (Wildman–Crippen LogP) is -0.184. The molecule has 0 saturated carbocycles. The van der Waals surface area contributed by atoms with E-state index >= 15 is 0 Å². The predicted molar refractivity (Wildman–Crippen MR) is 59.8 cm³/mol. The van der Waals surface area contributed by atoms with Crippen LogP contribution in [0.2, 0.25) is 0 Å². The lowest BCUT2D eigenvalue weighted by atomic mass is 10.1. The van der Waals surface area contributed by atoms with Crippen molar-refractivity contribution in [2.45, 2.75) is 6.04 Å². The fraction of sp³-hybridized carbons (Fsp3) is 0.250. The number of aliphatic hydroxyl groups excluding tert-OH is 1. The summed E-state index contributed by atoms with van der Waals surface area (Å²) in [4.78, 5) is 36.2.